The third-order valence-electron chi connectivity index (χ3n) is 4.41. The minimum atomic E-state index is 0.0960. The zero-order valence-corrected chi connectivity index (χ0v) is 15.2. The summed E-state index contributed by atoms with van der Waals surface area (Å²) >= 11 is 0. The number of nitrogens with zero attached hydrogens (tertiary/aromatic N) is 2. The summed E-state index contributed by atoms with van der Waals surface area (Å²) < 4.78 is 6.15. The fourth-order valence-corrected chi connectivity index (χ4v) is 2.79. The Morgan fingerprint density at radius 2 is 1.22 bits per heavy atom. The Balaban J connectivity index is 2.03. The van der Waals surface area contributed by atoms with Gasteiger partial charge in [0.05, 0.1) is 37.3 Å². The molecule has 5 heteroatoms. The van der Waals surface area contributed by atoms with Crippen LogP contribution in [0, 0.1) is 10.8 Å². The number of aromatic amines is 2. The minimum Gasteiger partial charge on any atom is -0.380 e. The van der Waals surface area contributed by atoms with E-state index in [1.165, 1.54) is 0 Å². The lowest BCUT2D eigenvalue weighted by atomic mass is 9.78. The van der Waals surface area contributed by atoms with Gasteiger partial charge in [0.1, 0.15) is 0 Å². The molecule has 0 aliphatic rings. The molecule has 0 spiro atoms. The molecule has 2 aromatic rings. The minimum absolute atomic E-state index is 0.0960. The van der Waals surface area contributed by atoms with Crippen molar-refractivity contribution in [1.29, 1.82) is 0 Å². The van der Waals surface area contributed by atoms with Gasteiger partial charge in [0.15, 0.2) is 0 Å². The van der Waals surface area contributed by atoms with E-state index in [-0.39, 0.29) is 22.7 Å². The van der Waals surface area contributed by atoms with E-state index in [2.05, 4.69) is 61.5 Å². The van der Waals surface area contributed by atoms with Crippen LogP contribution in [0.3, 0.4) is 0 Å². The highest BCUT2D eigenvalue weighted by Crippen LogP contribution is 2.37. The Morgan fingerprint density at radius 1 is 0.826 bits per heavy atom. The molecule has 2 heterocycles. The first-order chi connectivity index (χ1) is 10.7. The molecule has 2 N–H and O–H groups in total. The number of nitrogens with one attached hydrogen (secondary N) is 2. The van der Waals surface area contributed by atoms with Gasteiger partial charge >= 0.3 is 0 Å². The molecule has 2 aromatic heterocycles. The van der Waals surface area contributed by atoms with Gasteiger partial charge in [-0.3, -0.25) is 0 Å². The monoisotopic (exact) mass is 318 g/mol. The summed E-state index contributed by atoms with van der Waals surface area (Å²) in [6, 6.07) is 0. The van der Waals surface area contributed by atoms with Crippen molar-refractivity contribution in [2.24, 2.45) is 10.8 Å². The molecule has 2 atom stereocenters. The molecule has 0 aliphatic carbocycles. The third kappa shape index (κ3) is 4.67. The Labute approximate surface area is 139 Å². The molecule has 0 radical (unpaired) electrons. The third-order valence-corrected chi connectivity index (χ3v) is 4.41. The number of hydrogen-bond donors (Lipinski definition) is 2. The predicted octanol–water partition coefficient (Wildman–Crippen LogP) is 4.11. The predicted molar refractivity (Wildman–Crippen MR) is 92.4 cm³/mol. The van der Waals surface area contributed by atoms with Gasteiger partial charge in [-0.2, -0.15) is 0 Å². The topological polar surface area (TPSA) is 66.6 Å². The van der Waals surface area contributed by atoms with Gasteiger partial charge in [-0.1, -0.05) is 41.5 Å². The van der Waals surface area contributed by atoms with E-state index >= 15 is 0 Å². The van der Waals surface area contributed by atoms with Crippen molar-refractivity contribution >= 4 is 0 Å². The van der Waals surface area contributed by atoms with Crippen LogP contribution in [0.25, 0.3) is 0 Å². The van der Waals surface area contributed by atoms with E-state index in [0.29, 0.717) is 13.2 Å². The summed E-state index contributed by atoms with van der Waals surface area (Å²) in [7, 11) is 0. The molecule has 0 amide bonds. The second kappa shape index (κ2) is 6.87. The number of imidazole rings is 2. The zero-order chi connectivity index (χ0) is 17.1. The lowest BCUT2D eigenvalue weighted by Gasteiger charge is -2.32. The normalized spacial score (nSPS) is 15.6. The van der Waals surface area contributed by atoms with Crippen molar-refractivity contribution in [3.05, 3.63) is 36.4 Å². The Bertz CT molecular complexity index is 509. The van der Waals surface area contributed by atoms with Crippen molar-refractivity contribution in [2.75, 3.05) is 13.2 Å². The summed E-state index contributed by atoms with van der Waals surface area (Å²) in [4.78, 5) is 14.9. The number of hydrogen-bond acceptors (Lipinski definition) is 3. The molecule has 0 aromatic carbocycles. The number of ether oxygens (including phenoxy) is 1. The summed E-state index contributed by atoms with van der Waals surface area (Å²) in [5, 5.41) is 0. The van der Waals surface area contributed by atoms with Crippen LogP contribution in [-0.2, 0) is 4.74 Å². The van der Waals surface area contributed by atoms with E-state index in [9.17, 15) is 0 Å². The smallest absolute Gasteiger partial charge is 0.0923 e. The molecule has 0 saturated heterocycles. The van der Waals surface area contributed by atoms with Gasteiger partial charge in [-0.25, -0.2) is 9.97 Å². The van der Waals surface area contributed by atoms with Crippen LogP contribution in [0.15, 0.2) is 25.0 Å². The number of H-pyrrole nitrogens is 2. The quantitative estimate of drug-likeness (QED) is 0.842. The highest BCUT2D eigenvalue weighted by atomic mass is 16.5. The molecule has 128 valence electrons. The lowest BCUT2D eigenvalue weighted by Crippen LogP contribution is -2.28. The van der Waals surface area contributed by atoms with Crippen molar-refractivity contribution in [1.82, 2.24) is 19.9 Å². The first-order valence-electron chi connectivity index (χ1n) is 8.24. The molecular formula is C18H30N4O. The van der Waals surface area contributed by atoms with E-state index in [1.54, 1.807) is 12.7 Å². The van der Waals surface area contributed by atoms with Crippen molar-refractivity contribution in [3.63, 3.8) is 0 Å². The van der Waals surface area contributed by atoms with Crippen molar-refractivity contribution in [2.45, 2.75) is 53.4 Å². The number of aromatic nitrogens is 4. The second-order valence-corrected chi connectivity index (χ2v) is 8.36. The summed E-state index contributed by atoms with van der Waals surface area (Å²) in [6.07, 6.45) is 7.40. The summed E-state index contributed by atoms with van der Waals surface area (Å²) in [5.74, 6) is 0.516. The van der Waals surface area contributed by atoms with E-state index in [1.807, 2.05) is 12.4 Å². The molecule has 0 fully saturated rings. The molecule has 2 rings (SSSR count). The van der Waals surface area contributed by atoms with Gasteiger partial charge in [-0.05, 0) is 10.8 Å². The maximum Gasteiger partial charge on any atom is 0.0923 e. The zero-order valence-electron chi connectivity index (χ0n) is 15.2. The van der Waals surface area contributed by atoms with Crippen LogP contribution >= 0.6 is 0 Å². The highest BCUT2D eigenvalue weighted by molar-refractivity contribution is 5.09. The second-order valence-electron chi connectivity index (χ2n) is 8.36. The Hall–Kier alpha value is -1.62. The fourth-order valence-electron chi connectivity index (χ4n) is 2.79. The average molecular weight is 318 g/mol. The van der Waals surface area contributed by atoms with Gasteiger partial charge in [0.25, 0.3) is 0 Å². The lowest BCUT2D eigenvalue weighted by molar-refractivity contribution is 0.0551. The summed E-state index contributed by atoms with van der Waals surface area (Å²) in [6.45, 7) is 14.7. The van der Waals surface area contributed by atoms with Gasteiger partial charge < -0.3 is 14.7 Å². The van der Waals surface area contributed by atoms with Crippen LogP contribution in [0.4, 0.5) is 0 Å². The molecular weight excluding hydrogens is 288 g/mol. The van der Waals surface area contributed by atoms with Crippen LogP contribution in [0.5, 0.6) is 0 Å². The van der Waals surface area contributed by atoms with E-state index in [0.717, 1.165) is 11.4 Å². The molecule has 5 nitrogen and oxygen atoms in total. The van der Waals surface area contributed by atoms with E-state index in [4.69, 9.17) is 4.74 Å². The molecule has 0 aliphatic heterocycles. The van der Waals surface area contributed by atoms with Gasteiger partial charge in [0, 0.05) is 24.2 Å². The molecule has 23 heavy (non-hydrogen) atoms. The van der Waals surface area contributed by atoms with Crippen LogP contribution in [-0.4, -0.2) is 33.1 Å². The van der Waals surface area contributed by atoms with Gasteiger partial charge in [0.2, 0.25) is 0 Å². The first kappa shape index (κ1) is 17.7. The van der Waals surface area contributed by atoms with Crippen LogP contribution < -0.4 is 0 Å². The molecule has 2 unspecified atom stereocenters. The first-order valence-corrected chi connectivity index (χ1v) is 8.24. The van der Waals surface area contributed by atoms with Gasteiger partial charge in [-0.15, -0.1) is 0 Å². The Morgan fingerprint density at radius 3 is 1.48 bits per heavy atom. The van der Waals surface area contributed by atoms with Crippen molar-refractivity contribution in [3.8, 4) is 0 Å². The molecule has 0 bridgehead atoms. The number of rotatable bonds is 6. The average Bonchev–Trinajstić information content (AvgIpc) is 3.08. The fraction of sp³-hybridized carbons (Fsp3) is 0.667. The van der Waals surface area contributed by atoms with Crippen LogP contribution in [0.2, 0.25) is 0 Å². The molecule has 0 saturated carbocycles. The van der Waals surface area contributed by atoms with Crippen LogP contribution in [0.1, 0.15) is 64.8 Å². The maximum atomic E-state index is 6.15. The standard InChI is InChI=1S/C18H30N4O/c1-17(2,3)13(15-7-19-11-21-15)9-23-10-14(18(4,5)6)16-8-20-12-22-16/h7-8,11-14H,9-10H2,1-6H3,(H,19,21)(H,20,22). The van der Waals surface area contributed by atoms with E-state index < -0.39 is 0 Å². The highest BCUT2D eigenvalue weighted by Gasteiger charge is 2.31. The van der Waals surface area contributed by atoms with Crippen molar-refractivity contribution < 1.29 is 4.74 Å². The maximum absolute atomic E-state index is 6.15. The Kier molecular flexibility index (Phi) is 5.30. The largest absolute Gasteiger partial charge is 0.380 e. The summed E-state index contributed by atoms with van der Waals surface area (Å²) in [5.41, 5.74) is 2.31. The SMILES string of the molecule is CC(C)(C)C(COCC(c1c[nH]cn1)C(C)(C)C)c1c[nH]cn1.